The van der Waals surface area contributed by atoms with Crippen LogP contribution in [0, 0.1) is 6.92 Å². The monoisotopic (exact) mass is 361 g/mol. The van der Waals surface area contributed by atoms with Crippen molar-refractivity contribution in [1.29, 1.82) is 0 Å². The molecule has 3 heterocycles. The molecule has 0 fully saturated rings. The van der Waals surface area contributed by atoms with Gasteiger partial charge in [-0.25, -0.2) is 4.98 Å². The van der Waals surface area contributed by atoms with Crippen LogP contribution in [0.2, 0.25) is 0 Å². The molecule has 0 aliphatic heterocycles. The first-order valence-corrected chi connectivity index (χ1v) is 8.91. The summed E-state index contributed by atoms with van der Waals surface area (Å²) in [5.74, 6) is -0.246. The first-order valence-electron chi connectivity index (χ1n) is 7.21. The molecule has 3 rings (SSSR count). The second-order valence-electron chi connectivity index (χ2n) is 5.04. The second-order valence-corrected chi connectivity index (χ2v) is 7.27. The van der Waals surface area contributed by atoms with E-state index in [9.17, 15) is 9.59 Å². The van der Waals surface area contributed by atoms with Crippen LogP contribution >= 0.6 is 22.7 Å². The molecule has 0 saturated heterocycles. The van der Waals surface area contributed by atoms with Crippen LogP contribution < -0.4 is 10.6 Å². The van der Waals surface area contributed by atoms with Crippen molar-refractivity contribution < 1.29 is 14.0 Å². The van der Waals surface area contributed by atoms with Gasteiger partial charge in [0, 0.05) is 15.1 Å². The summed E-state index contributed by atoms with van der Waals surface area (Å²) in [5.41, 5.74) is 0.620. The average Bonchev–Trinajstić information content (AvgIpc) is 3.27. The first kappa shape index (κ1) is 16.4. The highest BCUT2D eigenvalue weighted by Gasteiger charge is 2.12. The lowest BCUT2D eigenvalue weighted by Gasteiger charge is -2.01. The van der Waals surface area contributed by atoms with Gasteiger partial charge in [-0.05, 0) is 31.2 Å². The number of furan rings is 1. The Labute approximate surface area is 146 Å². The van der Waals surface area contributed by atoms with E-state index in [-0.39, 0.29) is 24.0 Å². The summed E-state index contributed by atoms with van der Waals surface area (Å²) in [7, 11) is 0. The maximum atomic E-state index is 12.0. The van der Waals surface area contributed by atoms with Gasteiger partial charge in [-0.3, -0.25) is 14.9 Å². The number of nitrogens with one attached hydrogen (secondary N) is 2. The van der Waals surface area contributed by atoms with Crippen LogP contribution in [-0.4, -0.2) is 16.8 Å². The van der Waals surface area contributed by atoms with E-state index in [0.717, 1.165) is 4.88 Å². The van der Waals surface area contributed by atoms with Crippen molar-refractivity contribution in [2.45, 2.75) is 19.9 Å². The van der Waals surface area contributed by atoms with Gasteiger partial charge in [0.25, 0.3) is 5.91 Å². The molecule has 0 bridgehead atoms. The van der Waals surface area contributed by atoms with Gasteiger partial charge in [0.15, 0.2) is 10.9 Å². The van der Waals surface area contributed by atoms with Gasteiger partial charge >= 0.3 is 0 Å². The van der Waals surface area contributed by atoms with Crippen molar-refractivity contribution in [2.75, 3.05) is 5.32 Å². The van der Waals surface area contributed by atoms with E-state index in [1.807, 2.05) is 19.1 Å². The lowest BCUT2D eigenvalue weighted by atomic mass is 10.3. The van der Waals surface area contributed by atoms with Gasteiger partial charge in [0.2, 0.25) is 5.91 Å². The van der Waals surface area contributed by atoms with Crippen LogP contribution in [-0.2, 0) is 17.8 Å². The highest BCUT2D eigenvalue weighted by atomic mass is 32.1. The number of thiazole rings is 1. The topological polar surface area (TPSA) is 84.2 Å². The number of nitrogens with zero attached hydrogens (tertiary/aromatic N) is 1. The van der Waals surface area contributed by atoms with Gasteiger partial charge in [0.05, 0.1) is 24.9 Å². The fourth-order valence-electron chi connectivity index (χ4n) is 2.00. The summed E-state index contributed by atoms with van der Waals surface area (Å²) < 4.78 is 5.02. The van der Waals surface area contributed by atoms with E-state index in [1.54, 1.807) is 28.8 Å². The molecule has 0 saturated carbocycles. The Kier molecular flexibility index (Phi) is 5.07. The molecule has 0 unspecified atom stereocenters. The molecule has 0 aliphatic carbocycles. The number of hydrogen-bond acceptors (Lipinski definition) is 6. The Morgan fingerprint density at radius 1 is 1.29 bits per heavy atom. The van der Waals surface area contributed by atoms with Gasteiger partial charge in [-0.2, -0.15) is 0 Å². The summed E-state index contributed by atoms with van der Waals surface area (Å²) in [6.45, 7) is 2.55. The third kappa shape index (κ3) is 4.30. The smallest absolute Gasteiger partial charge is 0.293 e. The van der Waals surface area contributed by atoms with Crippen molar-refractivity contribution in [3.8, 4) is 0 Å². The average molecular weight is 361 g/mol. The minimum Gasteiger partial charge on any atom is -0.459 e. The number of carbonyl (C=O) groups is 2. The molecule has 6 nitrogen and oxygen atoms in total. The van der Waals surface area contributed by atoms with Gasteiger partial charge in [-0.1, -0.05) is 0 Å². The zero-order valence-electron chi connectivity index (χ0n) is 12.9. The summed E-state index contributed by atoms with van der Waals surface area (Å²) in [6, 6.07) is 7.25. The Bertz CT molecular complexity index is 837. The fraction of sp³-hybridized carbons (Fsp3) is 0.188. The second kappa shape index (κ2) is 7.41. The fourth-order valence-corrected chi connectivity index (χ4v) is 3.54. The summed E-state index contributed by atoms with van der Waals surface area (Å²) in [5, 5.41) is 7.70. The maximum Gasteiger partial charge on any atom is 0.293 e. The van der Waals surface area contributed by atoms with Crippen molar-refractivity contribution in [3.05, 3.63) is 57.1 Å². The number of carbonyl (C=O) groups excluding carboxylic acids is 2. The molecule has 0 aromatic carbocycles. The molecule has 0 spiro atoms. The number of thiophene rings is 1. The zero-order valence-corrected chi connectivity index (χ0v) is 14.5. The van der Waals surface area contributed by atoms with E-state index < -0.39 is 0 Å². The molecule has 3 aromatic heterocycles. The zero-order chi connectivity index (χ0) is 16.9. The Balaban J connectivity index is 1.50. The molecule has 124 valence electrons. The van der Waals surface area contributed by atoms with Crippen molar-refractivity contribution in [2.24, 2.45) is 0 Å². The number of rotatable bonds is 6. The van der Waals surface area contributed by atoms with E-state index in [0.29, 0.717) is 17.4 Å². The van der Waals surface area contributed by atoms with E-state index >= 15 is 0 Å². The molecule has 2 amide bonds. The molecule has 8 heteroatoms. The first-order chi connectivity index (χ1) is 11.6. The molecule has 2 N–H and O–H groups in total. The lowest BCUT2D eigenvalue weighted by molar-refractivity contribution is -0.120. The summed E-state index contributed by atoms with van der Waals surface area (Å²) >= 11 is 2.93. The minimum absolute atomic E-state index is 0.102. The molecule has 3 aromatic rings. The van der Waals surface area contributed by atoms with Crippen LogP contribution in [0.5, 0.6) is 0 Å². The van der Waals surface area contributed by atoms with Crippen LogP contribution in [0.3, 0.4) is 0 Å². The highest BCUT2D eigenvalue weighted by molar-refractivity contribution is 7.14. The SMILES string of the molecule is Cc1ccc(CNC(=O)Cc2csc(NC(=O)c3ccco3)n2)s1. The molecular weight excluding hydrogens is 346 g/mol. The number of aryl methyl sites for hydroxylation is 1. The van der Waals surface area contributed by atoms with Crippen molar-refractivity contribution in [3.63, 3.8) is 0 Å². The number of amides is 2. The Hall–Kier alpha value is -2.45. The maximum absolute atomic E-state index is 12.0. The summed E-state index contributed by atoms with van der Waals surface area (Å²) in [6.07, 6.45) is 1.61. The predicted octanol–water partition coefficient (Wildman–Crippen LogP) is 3.22. The lowest BCUT2D eigenvalue weighted by Crippen LogP contribution is -2.24. The normalized spacial score (nSPS) is 10.5. The predicted molar refractivity (Wildman–Crippen MR) is 93.4 cm³/mol. The van der Waals surface area contributed by atoms with E-state index in [2.05, 4.69) is 15.6 Å². The van der Waals surface area contributed by atoms with Crippen molar-refractivity contribution in [1.82, 2.24) is 10.3 Å². The molecule has 0 radical (unpaired) electrons. The van der Waals surface area contributed by atoms with Crippen LogP contribution in [0.1, 0.15) is 26.0 Å². The molecule has 0 atom stereocenters. The standard InChI is InChI=1S/C16H15N3O3S2/c1-10-4-5-12(24-10)8-17-14(20)7-11-9-23-16(18-11)19-15(21)13-3-2-6-22-13/h2-6,9H,7-8H2,1H3,(H,17,20)(H,18,19,21). The molecule has 24 heavy (non-hydrogen) atoms. The minimum atomic E-state index is -0.363. The Morgan fingerprint density at radius 2 is 2.17 bits per heavy atom. The third-order valence-electron chi connectivity index (χ3n) is 3.11. The van der Waals surface area contributed by atoms with Crippen LogP contribution in [0.25, 0.3) is 0 Å². The van der Waals surface area contributed by atoms with E-state index in [4.69, 9.17) is 4.42 Å². The largest absolute Gasteiger partial charge is 0.459 e. The number of anilines is 1. The van der Waals surface area contributed by atoms with Crippen LogP contribution in [0.4, 0.5) is 5.13 Å². The summed E-state index contributed by atoms with van der Waals surface area (Å²) in [4.78, 5) is 30.4. The molecular formula is C16H15N3O3S2. The van der Waals surface area contributed by atoms with Gasteiger partial charge in [0.1, 0.15) is 0 Å². The Morgan fingerprint density at radius 3 is 2.88 bits per heavy atom. The van der Waals surface area contributed by atoms with Crippen molar-refractivity contribution >= 4 is 39.6 Å². The van der Waals surface area contributed by atoms with Crippen LogP contribution in [0.15, 0.2) is 40.3 Å². The number of hydrogen-bond donors (Lipinski definition) is 2. The van der Waals surface area contributed by atoms with E-state index in [1.165, 1.54) is 22.5 Å². The quantitative estimate of drug-likeness (QED) is 0.706. The number of aromatic nitrogens is 1. The third-order valence-corrected chi connectivity index (χ3v) is 4.92. The van der Waals surface area contributed by atoms with Gasteiger partial charge in [-0.15, -0.1) is 22.7 Å². The molecule has 0 aliphatic rings. The highest BCUT2D eigenvalue weighted by Crippen LogP contribution is 2.17. The van der Waals surface area contributed by atoms with Gasteiger partial charge < -0.3 is 9.73 Å².